The van der Waals surface area contributed by atoms with E-state index < -0.39 is 0 Å². The maximum absolute atomic E-state index is 13.3. The quantitative estimate of drug-likeness (QED) is 0.815. The van der Waals surface area contributed by atoms with E-state index in [2.05, 4.69) is 29.3 Å². The number of carbonyl (C=O) groups is 2. The predicted molar refractivity (Wildman–Crippen MR) is 103 cm³/mol. The van der Waals surface area contributed by atoms with Crippen LogP contribution in [0.15, 0.2) is 17.5 Å². The lowest BCUT2D eigenvalue weighted by Gasteiger charge is -2.46. The number of thiophene rings is 1. The third-order valence-corrected chi connectivity index (χ3v) is 7.94. The lowest BCUT2D eigenvalue weighted by molar-refractivity contribution is -0.142. The molecule has 2 amide bonds. The monoisotopic (exact) mass is 375 g/mol. The minimum Gasteiger partial charge on any atom is -0.342 e. The fourth-order valence-electron chi connectivity index (χ4n) is 5.46. The molecule has 0 bridgehead atoms. The molecule has 26 heavy (non-hydrogen) atoms. The van der Waals surface area contributed by atoms with Crippen LogP contribution in [0.2, 0.25) is 0 Å². The molecule has 142 valence electrons. The molecule has 0 radical (unpaired) electrons. The fourth-order valence-corrected chi connectivity index (χ4v) is 6.21. The van der Waals surface area contributed by atoms with Crippen molar-refractivity contribution in [1.29, 1.82) is 0 Å². The van der Waals surface area contributed by atoms with E-state index >= 15 is 0 Å². The number of likely N-dealkylation sites (tertiary alicyclic amines) is 3. The van der Waals surface area contributed by atoms with Crippen molar-refractivity contribution in [1.82, 2.24) is 14.7 Å². The van der Waals surface area contributed by atoms with Gasteiger partial charge in [0.2, 0.25) is 11.8 Å². The highest BCUT2D eigenvalue weighted by Crippen LogP contribution is 2.57. The third kappa shape index (κ3) is 2.69. The second kappa shape index (κ2) is 6.64. The van der Waals surface area contributed by atoms with E-state index in [4.69, 9.17) is 0 Å². The largest absolute Gasteiger partial charge is 0.342 e. The molecule has 3 saturated heterocycles. The maximum atomic E-state index is 13.3. The van der Waals surface area contributed by atoms with Gasteiger partial charge < -0.3 is 9.80 Å². The first-order chi connectivity index (χ1) is 12.5. The van der Waals surface area contributed by atoms with Crippen LogP contribution in [0, 0.1) is 10.8 Å². The van der Waals surface area contributed by atoms with Crippen molar-refractivity contribution in [2.45, 2.75) is 39.7 Å². The Hall–Kier alpha value is -1.40. The Labute approximate surface area is 159 Å². The summed E-state index contributed by atoms with van der Waals surface area (Å²) in [6.45, 7) is 9.77. The highest BCUT2D eigenvalue weighted by atomic mass is 32.1. The molecule has 1 aromatic rings. The van der Waals surface area contributed by atoms with E-state index in [1.165, 1.54) is 4.88 Å². The first-order valence-corrected chi connectivity index (χ1v) is 10.7. The van der Waals surface area contributed by atoms with Crippen LogP contribution in [0.3, 0.4) is 0 Å². The number of nitrogens with zero attached hydrogens (tertiary/aromatic N) is 3. The molecule has 3 aliphatic rings. The van der Waals surface area contributed by atoms with Crippen LogP contribution in [0.4, 0.5) is 0 Å². The zero-order valence-corrected chi connectivity index (χ0v) is 16.7. The first kappa shape index (κ1) is 18.0. The second-order valence-electron chi connectivity index (χ2n) is 8.23. The lowest BCUT2D eigenvalue weighted by Crippen LogP contribution is -2.52. The van der Waals surface area contributed by atoms with E-state index in [1.807, 2.05) is 21.1 Å². The van der Waals surface area contributed by atoms with Crippen molar-refractivity contribution in [3.05, 3.63) is 22.4 Å². The van der Waals surface area contributed by atoms with Crippen molar-refractivity contribution in [2.24, 2.45) is 10.8 Å². The molecular weight excluding hydrogens is 346 g/mol. The highest BCUT2D eigenvalue weighted by Gasteiger charge is 2.65. The fraction of sp³-hybridized carbons (Fsp3) is 0.700. The molecule has 1 aromatic heterocycles. The smallest absolute Gasteiger partial charge is 0.231 e. The Kier molecular flexibility index (Phi) is 4.59. The zero-order valence-electron chi connectivity index (χ0n) is 15.9. The Morgan fingerprint density at radius 2 is 1.96 bits per heavy atom. The van der Waals surface area contributed by atoms with Gasteiger partial charge in [-0.2, -0.15) is 0 Å². The molecule has 0 aliphatic carbocycles. The number of hydrogen-bond acceptors (Lipinski definition) is 4. The summed E-state index contributed by atoms with van der Waals surface area (Å²) in [4.78, 5) is 33.3. The van der Waals surface area contributed by atoms with Crippen LogP contribution in [0.1, 0.15) is 38.0 Å². The van der Waals surface area contributed by atoms with Crippen molar-refractivity contribution >= 4 is 23.2 Å². The highest BCUT2D eigenvalue weighted by molar-refractivity contribution is 7.09. The summed E-state index contributed by atoms with van der Waals surface area (Å²) >= 11 is 1.81. The van der Waals surface area contributed by atoms with Crippen LogP contribution in [-0.2, 0) is 16.1 Å². The molecule has 0 unspecified atom stereocenters. The van der Waals surface area contributed by atoms with Crippen LogP contribution >= 0.6 is 11.3 Å². The van der Waals surface area contributed by atoms with E-state index in [1.54, 1.807) is 6.92 Å². The van der Waals surface area contributed by atoms with Gasteiger partial charge in [0, 0.05) is 49.9 Å². The van der Waals surface area contributed by atoms with E-state index in [0.29, 0.717) is 12.5 Å². The predicted octanol–water partition coefficient (Wildman–Crippen LogP) is 2.43. The summed E-state index contributed by atoms with van der Waals surface area (Å²) < 4.78 is 0. The Balaban J connectivity index is 1.55. The number of piperidine rings is 1. The summed E-state index contributed by atoms with van der Waals surface area (Å²) in [6.07, 6.45) is 2.95. The summed E-state index contributed by atoms with van der Waals surface area (Å²) in [5.74, 6) is 0.417. The summed E-state index contributed by atoms with van der Waals surface area (Å²) in [5, 5.41) is 2.13. The van der Waals surface area contributed by atoms with Crippen molar-refractivity contribution < 1.29 is 9.59 Å². The normalized spacial score (nSPS) is 28.6. The molecule has 4 rings (SSSR count). The van der Waals surface area contributed by atoms with Gasteiger partial charge in [-0.15, -0.1) is 11.3 Å². The Bertz CT molecular complexity index is 681. The minimum atomic E-state index is -0.344. The maximum Gasteiger partial charge on any atom is 0.231 e. The van der Waals surface area contributed by atoms with Crippen LogP contribution < -0.4 is 0 Å². The zero-order chi connectivity index (χ0) is 18.4. The molecule has 0 N–H and O–H groups in total. The standard InChI is InChI=1S/C20H29N3O2S/c1-3-22-11-8-20(18(22)25)15-23(16(2)24)14-19(20)6-9-21(10-7-19)13-17-5-4-12-26-17/h4-5,12H,3,6-11,13-15H2,1-2H3/t20-/m0/s1. The molecular formula is C20H29N3O2S. The minimum absolute atomic E-state index is 0.0361. The van der Waals surface area contributed by atoms with Crippen LogP contribution in [0.5, 0.6) is 0 Å². The molecule has 3 fully saturated rings. The molecule has 2 spiro atoms. The van der Waals surface area contributed by atoms with Crippen molar-refractivity contribution in [2.75, 3.05) is 39.3 Å². The van der Waals surface area contributed by atoms with Gasteiger partial charge in [0.05, 0.1) is 5.41 Å². The second-order valence-corrected chi connectivity index (χ2v) is 9.26. The Morgan fingerprint density at radius 3 is 2.54 bits per heavy atom. The molecule has 0 aromatic carbocycles. The third-order valence-electron chi connectivity index (χ3n) is 7.07. The molecule has 6 heteroatoms. The lowest BCUT2D eigenvalue weighted by atomic mass is 9.60. The van der Waals surface area contributed by atoms with Gasteiger partial charge in [0.1, 0.15) is 0 Å². The van der Waals surface area contributed by atoms with E-state index in [9.17, 15) is 9.59 Å². The van der Waals surface area contributed by atoms with Gasteiger partial charge in [-0.1, -0.05) is 6.07 Å². The van der Waals surface area contributed by atoms with Gasteiger partial charge in [0.15, 0.2) is 0 Å². The number of hydrogen-bond donors (Lipinski definition) is 0. The molecule has 4 heterocycles. The van der Waals surface area contributed by atoms with Crippen molar-refractivity contribution in [3.63, 3.8) is 0 Å². The summed E-state index contributed by atoms with van der Waals surface area (Å²) in [7, 11) is 0. The van der Waals surface area contributed by atoms with Gasteiger partial charge in [-0.3, -0.25) is 14.5 Å². The van der Waals surface area contributed by atoms with Crippen LogP contribution in [0.25, 0.3) is 0 Å². The number of fused-ring (bicyclic) bond motifs is 1. The average Bonchev–Trinajstić information content (AvgIpc) is 3.32. The topological polar surface area (TPSA) is 43.9 Å². The number of rotatable bonds is 3. The molecule has 3 aliphatic heterocycles. The summed E-state index contributed by atoms with van der Waals surface area (Å²) in [5.41, 5.74) is -0.380. The van der Waals surface area contributed by atoms with Gasteiger partial charge in [-0.25, -0.2) is 0 Å². The van der Waals surface area contributed by atoms with Gasteiger partial charge in [-0.05, 0) is 50.7 Å². The number of carbonyl (C=O) groups excluding carboxylic acids is 2. The molecule has 1 atom stereocenters. The van der Waals surface area contributed by atoms with E-state index in [-0.39, 0.29) is 16.7 Å². The Morgan fingerprint density at radius 1 is 1.19 bits per heavy atom. The molecule has 5 nitrogen and oxygen atoms in total. The summed E-state index contributed by atoms with van der Waals surface area (Å²) in [6, 6.07) is 4.31. The van der Waals surface area contributed by atoms with Crippen LogP contribution in [-0.4, -0.2) is 65.8 Å². The first-order valence-electron chi connectivity index (χ1n) is 9.79. The van der Waals surface area contributed by atoms with E-state index in [0.717, 1.165) is 58.5 Å². The SMILES string of the molecule is CCN1CC[C@]2(CN(C(C)=O)CC23CCN(Cc2cccs2)CC3)C1=O. The average molecular weight is 376 g/mol. The molecule has 0 saturated carbocycles. The van der Waals surface area contributed by atoms with Gasteiger partial charge in [0.25, 0.3) is 0 Å². The van der Waals surface area contributed by atoms with Gasteiger partial charge >= 0.3 is 0 Å². The van der Waals surface area contributed by atoms with Crippen molar-refractivity contribution in [3.8, 4) is 0 Å². The number of amides is 2.